The number of nitro groups is 1. The molecule has 24 heavy (non-hydrogen) atoms. The first-order chi connectivity index (χ1) is 11.7. The third-order valence-corrected chi connectivity index (χ3v) is 4.09. The number of unbranched alkanes of at least 4 members (excludes halogenated alkanes) is 9. The Morgan fingerprint density at radius 3 is 2.29 bits per heavy atom. The minimum atomic E-state index is -0.505. The Morgan fingerprint density at radius 1 is 1.17 bits per heavy atom. The van der Waals surface area contributed by atoms with Gasteiger partial charge in [-0.15, -0.1) is 0 Å². The van der Waals surface area contributed by atoms with Crippen LogP contribution < -0.4 is 5.43 Å². The Labute approximate surface area is 144 Å². The fourth-order valence-corrected chi connectivity index (χ4v) is 2.57. The van der Waals surface area contributed by atoms with E-state index in [1.165, 1.54) is 68.6 Å². The third kappa shape index (κ3) is 8.08. The van der Waals surface area contributed by atoms with Gasteiger partial charge in [0.25, 0.3) is 0 Å². The lowest BCUT2D eigenvalue weighted by molar-refractivity contribution is -0.396. The van der Waals surface area contributed by atoms with Crippen LogP contribution in [0.1, 0.15) is 76.8 Å². The molecule has 0 amide bonds. The Bertz CT molecular complexity index is 499. The summed E-state index contributed by atoms with van der Waals surface area (Å²) in [5.74, 6) is -0.175. The number of hydrogen-bond donors (Lipinski definition) is 1. The van der Waals surface area contributed by atoms with E-state index in [9.17, 15) is 10.1 Å². The summed E-state index contributed by atoms with van der Waals surface area (Å²) < 4.78 is 1.41. The molecule has 0 fully saturated rings. The highest BCUT2D eigenvalue weighted by molar-refractivity contribution is 5.77. The highest BCUT2D eigenvalue weighted by atomic mass is 16.6. The molecule has 0 bridgehead atoms. The van der Waals surface area contributed by atoms with Crippen LogP contribution in [0.3, 0.4) is 0 Å². The summed E-state index contributed by atoms with van der Waals surface area (Å²) >= 11 is 0. The molecule has 0 saturated heterocycles. The highest BCUT2D eigenvalue weighted by Crippen LogP contribution is 2.10. The maximum Gasteiger partial charge on any atom is 0.434 e. The van der Waals surface area contributed by atoms with Crippen molar-refractivity contribution in [2.45, 2.75) is 71.1 Å². The summed E-state index contributed by atoms with van der Waals surface area (Å²) in [6, 6.07) is 0. The van der Waals surface area contributed by atoms with Crippen LogP contribution in [-0.4, -0.2) is 27.2 Å². The maximum absolute atomic E-state index is 10.7. The number of hydrazone groups is 1. The average molecular weight is 337 g/mol. The molecule has 1 N–H and O–H groups in total. The maximum atomic E-state index is 10.7. The number of aromatic nitrogens is 2. The van der Waals surface area contributed by atoms with Gasteiger partial charge in [0.15, 0.2) is 5.69 Å². The molecule has 1 rings (SSSR count). The minimum Gasteiger partial charge on any atom is -0.390 e. The van der Waals surface area contributed by atoms with Gasteiger partial charge >= 0.3 is 5.95 Å². The quantitative estimate of drug-likeness (QED) is 0.239. The van der Waals surface area contributed by atoms with Crippen LogP contribution in [0, 0.1) is 10.1 Å². The minimum absolute atomic E-state index is 0.175. The monoisotopic (exact) mass is 337 g/mol. The van der Waals surface area contributed by atoms with E-state index in [4.69, 9.17) is 0 Å². The lowest BCUT2D eigenvalue weighted by atomic mass is 10.1. The number of rotatable bonds is 14. The lowest BCUT2D eigenvalue weighted by Gasteiger charge is -2.02. The summed E-state index contributed by atoms with van der Waals surface area (Å²) in [7, 11) is 1.61. The van der Waals surface area contributed by atoms with Crippen molar-refractivity contribution in [1.82, 2.24) is 15.0 Å². The Morgan fingerprint density at radius 2 is 1.75 bits per heavy atom. The molecule has 0 spiro atoms. The van der Waals surface area contributed by atoms with Crippen molar-refractivity contribution in [3.63, 3.8) is 0 Å². The largest absolute Gasteiger partial charge is 0.434 e. The van der Waals surface area contributed by atoms with Crippen LogP contribution in [0.5, 0.6) is 0 Å². The standard InChI is InChI=1S/C17H31N5O2/c1-3-4-5-6-7-8-9-10-11-12-13-19-20-15-16-14-18-17(21(16)2)22(23)24/h14-15,19H,3-13H2,1-2H3/b20-15+. The topological polar surface area (TPSA) is 85.3 Å². The summed E-state index contributed by atoms with van der Waals surface area (Å²) in [4.78, 5) is 13.9. The molecule has 0 unspecified atom stereocenters. The van der Waals surface area contributed by atoms with Crippen molar-refractivity contribution in [1.29, 1.82) is 0 Å². The molecule has 0 saturated carbocycles. The van der Waals surface area contributed by atoms with Crippen molar-refractivity contribution in [3.05, 3.63) is 22.0 Å². The highest BCUT2D eigenvalue weighted by Gasteiger charge is 2.15. The van der Waals surface area contributed by atoms with Crippen LogP contribution in [0.4, 0.5) is 5.95 Å². The van der Waals surface area contributed by atoms with Crippen molar-refractivity contribution in [2.75, 3.05) is 6.54 Å². The van der Waals surface area contributed by atoms with Gasteiger partial charge in [-0.1, -0.05) is 69.7 Å². The smallest absolute Gasteiger partial charge is 0.390 e. The SMILES string of the molecule is CCCCCCCCCCCCN/N=C/c1cnc([N+](=O)[O-])n1C. The second kappa shape index (κ2) is 12.5. The molecule has 1 aromatic rings. The molecule has 0 atom stereocenters. The predicted octanol–water partition coefficient (Wildman–Crippen LogP) is 4.17. The molecular weight excluding hydrogens is 306 g/mol. The number of nitrogens with one attached hydrogen (secondary N) is 1. The fourth-order valence-electron chi connectivity index (χ4n) is 2.57. The second-order valence-electron chi connectivity index (χ2n) is 6.15. The molecule has 0 aliphatic carbocycles. The molecule has 7 heteroatoms. The van der Waals surface area contributed by atoms with Gasteiger partial charge in [0.1, 0.15) is 6.20 Å². The molecule has 136 valence electrons. The summed E-state index contributed by atoms with van der Waals surface area (Å²) in [6.07, 6.45) is 16.1. The van der Waals surface area contributed by atoms with Crippen LogP contribution in [0.25, 0.3) is 0 Å². The van der Waals surface area contributed by atoms with Gasteiger partial charge in [0, 0.05) is 6.54 Å². The summed E-state index contributed by atoms with van der Waals surface area (Å²) in [5, 5.41) is 14.8. The molecule has 1 heterocycles. The molecule has 7 nitrogen and oxygen atoms in total. The van der Waals surface area contributed by atoms with Gasteiger partial charge in [-0.25, -0.2) is 4.57 Å². The van der Waals surface area contributed by atoms with E-state index in [2.05, 4.69) is 22.4 Å². The van der Waals surface area contributed by atoms with E-state index in [-0.39, 0.29) is 5.95 Å². The third-order valence-electron chi connectivity index (χ3n) is 4.09. The predicted molar refractivity (Wildman–Crippen MR) is 97.3 cm³/mol. The van der Waals surface area contributed by atoms with Crippen LogP contribution in [0.2, 0.25) is 0 Å². The van der Waals surface area contributed by atoms with E-state index >= 15 is 0 Å². The first-order valence-electron chi connectivity index (χ1n) is 9.08. The molecule has 0 aliphatic rings. The van der Waals surface area contributed by atoms with Crippen molar-refractivity contribution >= 4 is 12.2 Å². The van der Waals surface area contributed by atoms with Crippen LogP contribution in [0.15, 0.2) is 11.3 Å². The van der Waals surface area contributed by atoms with Crippen LogP contribution >= 0.6 is 0 Å². The number of imidazole rings is 1. The zero-order valence-corrected chi connectivity index (χ0v) is 15.0. The molecule has 0 aliphatic heterocycles. The van der Waals surface area contributed by atoms with E-state index in [1.54, 1.807) is 13.3 Å². The van der Waals surface area contributed by atoms with Crippen molar-refractivity contribution in [3.8, 4) is 0 Å². The molecular formula is C17H31N5O2. The summed E-state index contributed by atoms with van der Waals surface area (Å²) in [6.45, 7) is 3.08. The van der Waals surface area contributed by atoms with Crippen molar-refractivity contribution in [2.24, 2.45) is 12.1 Å². The van der Waals surface area contributed by atoms with E-state index < -0.39 is 4.92 Å². The second-order valence-corrected chi connectivity index (χ2v) is 6.15. The van der Waals surface area contributed by atoms with Gasteiger partial charge in [-0.2, -0.15) is 5.10 Å². The van der Waals surface area contributed by atoms with Gasteiger partial charge in [0.05, 0.1) is 13.3 Å². The number of hydrogen-bond acceptors (Lipinski definition) is 5. The van der Waals surface area contributed by atoms with E-state index in [1.807, 2.05) is 0 Å². The molecule has 1 aromatic heterocycles. The van der Waals surface area contributed by atoms with Crippen molar-refractivity contribution < 1.29 is 4.92 Å². The molecule has 0 radical (unpaired) electrons. The zero-order valence-electron chi connectivity index (χ0n) is 15.0. The first-order valence-corrected chi connectivity index (χ1v) is 9.08. The Kier molecular flexibility index (Phi) is 10.5. The van der Waals surface area contributed by atoms with Gasteiger partial charge in [-0.3, -0.25) is 0 Å². The van der Waals surface area contributed by atoms with E-state index in [0.717, 1.165) is 13.0 Å². The fraction of sp³-hybridized carbons (Fsp3) is 0.765. The zero-order chi connectivity index (χ0) is 17.6. The Hall–Kier alpha value is -1.92. The summed E-state index contributed by atoms with van der Waals surface area (Å²) in [5.41, 5.74) is 3.59. The van der Waals surface area contributed by atoms with Gasteiger partial charge in [0.2, 0.25) is 0 Å². The Balaban J connectivity index is 1.99. The van der Waals surface area contributed by atoms with E-state index in [0.29, 0.717) is 5.69 Å². The normalized spacial score (nSPS) is 11.2. The lowest BCUT2D eigenvalue weighted by Crippen LogP contribution is -2.09. The average Bonchev–Trinajstić information content (AvgIpc) is 2.93. The molecule has 0 aromatic carbocycles. The number of nitrogens with zero attached hydrogens (tertiary/aromatic N) is 4. The first kappa shape index (κ1) is 20.1. The van der Waals surface area contributed by atoms with Gasteiger partial charge < -0.3 is 15.5 Å². The van der Waals surface area contributed by atoms with Gasteiger partial charge in [-0.05, 0) is 11.3 Å². The van der Waals surface area contributed by atoms with Crippen LogP contribution in [-0.2, 0) is 7.05 Å².